The van der Waals surface area contributed by atoms with Crippen LogP contribution in [-0.2, 0) is 24.4 Å². The molecule has 3 heterocycles. The Hall–Kier alpha value is -2.41. The smallest absolute Gasteiger partial charge is 0.346 e. The van der Waals surface area contributed by atoms with Crippen molar-refractivity contribution in [2.75, 3.05) is 13.2 Å². The summed E-state index contributed by atoms with van der Waals surface area (Å²) in [5.74, 6) is 0.0560. The maximum Gasteiger partial charge on any atom is 0.346 e. The lowest BCUT2D eigenvalue weighted by atomic mass is 10.1. The minimum absolute atomic E-state index is 0.0211. The molecule has 2 aliphatic heterocycles. The van der Waals surface area contributed by atoms with E-state index in [9.17, 15) is 9.59 Å². The van der Waals surface area contributed by atoms with E-state index in [1.54, 1.807) is 4.90 Å². The minimum atomic E-state index is -0.214. The number of ether oxygens (including phenoxy) is 1. The van der Waals surface area contributed by atoms with Gasteiger partial charge in [0.05, 0.1) is 12.6 Å². The molecule has 1 aromatic heterocycles. The Morgan fingerprint density at radius 1 is 1.24 bits per heavy atom. The Balaban J connectivity index is 1.56. The number of aromatic nitrogens is 3. The molecule has 1 unspecified atom stereocenters. The summed E-state index contributed by atoms with van der Waals surface area (Å²) in [7, 11) is 0. The van der Waals surface area contributed by atoms with E-state index in [0.717, 1.165) is 30.6 Å². The quantitative estimate of drug-likeness (QED) is 0.837. The van der Waals surface area contributed by atoms with Crippen molar-refractivity contribution in [3.63, 3.8) is 0 Å². The first-order valence-corrected chi connectivity index (χ1v) is 8.76. The molecule has 2 aromatic rings. The molecule has 132 valence electrons. The number of nitrogens with zero attached hydrogens (tertiary/aromatic N) is 4. The lowest BCUT2D eigenvalue weighted by Crippen LogP contribution is -2.42. The molecule has 0 aliphatic carbocycles. The molecular formula is C18H22N4O3. The summed E-state index contributed by atoms with van der Waals surface area (Å²) in [5.41, 5.74) is 2.06. The first kappa shape index (κ1) is 16.1. The zero-order valence-electron chi connectivity index (χ0n) is 14.4. The Labute approximate surface area is 145 Å². The predicted octanol–water partition coefficient (Wildman–Crippen LogP) is 1.19. The normalized spacial score (nSPS) is 20.1. The number of fused-ring (bicyclic) bond motifs is 1. The van der Waals surface area contributed by atoms with Crippen LogP contribution in [0.1, 0.15) is 34.6 Å². The highest BCUT2D eigenvalue weighted by atomic mass is 16.5. The average molecular weight is 342 g/mol. The Bertz CT molecular complexity index is 848. The number of carbonyl (C=O) groups excluding carboxylic acids is 1. The van der Waals surface area contributed by atoms with Gasteiger partial charge in [0.15, 0.2) is 0 Å². The van der Waals surface area contributed by atoms with Crippen LogP contribution in [0.15, 0.2) is 29.1 Å². The van der Waals surface area contributed by atoms with Crippen LogP contribution in [-0.4, -0.2) is 44.4 Å². The van der Waals surface area contributed by atoms with Gasteiger partial charge in [-0.3, -0.25) is 9.36 Å². The van der Waals surface area contributed by atoms with E-state index < -0.39 is 0 Å². The van der Waals surface area contributed by atoms with Gasteiger partial charge in [-0.05, 0) is 30.9 Å². The Morgan fingerprint density at radius 2 is 2.08 bits per heavy atom. The van der Waals surface area contributed by atoms with Gasteiger partial charge in [-0.25, -0.2) is 9.48 Å². The SMILES string of the molecule is Cc1ccccc1CN1CCn2c(nn(CC3CCCO3)c2=O)C1=O. The molecule has 0 bridgehead atoms. The highest BCUT2D eigenvalue weighted by molar-refractivity contribution is 5.91. The number of hydrogen-bond acceptors (Lipinski definition) is 4. The number of benzene rings is 1. The molecule has 1 saturated heterocycles. The van der Waals surface area contributed by atoms with Crippen LogP contribution in [0, 0.1) is 6.92 Å². The number of carbonyl (C=O) groups is 1. The second-order valence-corrected chi connectivity index (χ2v) is 6.73. The third kappa shape index (κ3) is 3.00. The van der Waals surface area contributed by atoms with Crippen LogP contribution in [0.5, 0.6) is 0 Å². The van der Waals surface area contributed by atoms with Crippen molar-refractivity contribution in [3.8, 4) is 0 Å². The van der Waals surface area contributed by atoms with Gasteiger partial charge < -0.3 is 9.64 Å². The maximum absolute atomic E-state index is 12.8. The van der Waals surface area contributed by atoms with Crippen molar-refractivity contribution in [2.45, 2.75) is 45.5 Å². The molecule has 1 atom stereocenters. The monoisotopic (exact) mass is 342 g/mol. The van der Waals surface area contributed by atoms with E-state index in [1.165, 1.54) is 9.25 Å². The highest BCUT2D eigenvalue weighted by Crippen LogP contribution is 2.16. The van der Waals surface area contributed by atoms with Crippen molar-refractivity contribution in [2.24, 2.45) is 0 Å². The fraction of sp³-hybridized carbons (Fsp3) is 0.500. The van der Waals surface area contributed by atoms with Crippen molar-refractivity contribution in [1.29, 1.82) is 0 Å². The van der Waals surface area contributed by atoms with Crippen LogP contribution < -0.4 is 5.69 Å². The Kier molecular flexibility index (Phi) is 4.17. The first-order chi connectivity index (χ1) is 12.1. The summed E-state index contributed by atoms with van der Waals surface area (Å²) in [4.78, 5) is 27.1. The number of hydrogen-bond donors (Lipinski definition) is 0. The van der Waals surface area contributed by atoms with Gasteiger partial charge in [0, 0.05) is 26.2 Å². The van der Waals surface area contributed by atoms with Gasteiger partial charge in [-0.15, -0.1) is 5.10 Å². The van der Waals surface area contributed by atoms with E-state index in [0.29, 0.717) is 26.2 Å². The summed E-state index contributed by atoms with van der Waals surface area (Å²) in [6, 6.07) is 8.03. The fourth-order valence-electron chi connectivity index (χ4n) is 3.51. The van der Waals surface area contributed by atoms with E-state index >= 15 is 0 Å². The number of aryl methyl sites for hydroxylation is 1. The van der Waals surface area contributed by atoms with Crippen molar-refractivity contribution >= 4 is 5.91 Å². The van der Waals surface area contributed by atoms with Gasteiger partial charge in [-0.2, -0.15) is 0 Å². The van der Waals surface area contributed by atoms with E-state index in [1.807, 2.05) is 31.2 Å². The van der Waals surface area contributed by atoms with Crippen molar-refractivity contribution in [1.82, 2.24) is 19.2 Å². The van der Waals surface area contributed by atoms with Crippen LogP contribution >= 0.6 is 0 Å². The van der Waals surface area contributed by atoms with Gasteiger partial charge in [0.25, 0.3) is 5.91 Å². The predicted molar refractivity (Wildman–Crippen MR) is 91.4 cm³/mol. The maximum atomic E-state index is 12.8. The highest BCUT2D eigenvalue weighted by Gasteiger charge is 2.30. The Morgan fingerprint density at radius 3 is 2.84 bits per heavy atom. The number of rotatable bonds is 4. The molecule has 0 spiro atoms. The van der Waals surface area contributed by atoms with E-state index in [4.69, 9.17) is 4.74 Å². The van der Waals surface area contributed by atoms with Crippen LogP contribution in [0.4, 0.5) is 0 Å². The molecule has 2 aliphatic rings. The lowest BCUT2D eigenvalue weighted by Gasteiger charge is -2.27. The molecule has 1 amide bonds. The van der Waals surface area contributed by atoms with E-state index in [2.05, 4.69) is 5.10 Å². The summed E-state index contributed by atoms with van der Waals surface area (Å²) in [6.45, 7) is 4.73. The fourth-order valence-corrected chi connectivity index (χ4v) is 3.51. The molecule has 1 aromatic carbocycles. The van der Waals surface area contributed by atoms with E-state index in [-0.39, 0.29) is 23.5 Å². The summed E-state index contributed by atoms with van der Waals surface area (Å²) < 4.78 is 8.46. The molecule has 25 heavy (non-hydrogen) atoms. The summed E-state index contributed by atoms with van der Waals surface area (Å²) >= 11 is 0. The van der Waals surface area contributed by atoms with Gasteiger partial charge >= 0.3 is 5.69 Å². The molecule has 0 saturated carbocycles. The molecule has 4 rings (SSSR count). The largest absolute Gasteiger partial charge is 0.376 e. The third-order valence-electron chi connectivity index (χ3n) is 5.02. The molecule has 7 heteroatoms. The average Bonchev–Trinajstić information content (AvgIpc) is 3.22. The third-order valence-corrected chi connectivity index (χ3v) is 5.02. The summed E-state index contributed by atoms with van der Waals surface area (Å²) in [6.07, 6.45) is 1.96. The van der Waals surface area contributed by atoms with Crippen molar-refractivity contribution in [3.05, 3.63) is 51.7 Å². The molecule has 7 nitrogen and oxygen atoms in total. The second-order valence-electron chi connectivity index (χ2n) is 6.73. The molecule has 0 radical (unpaired) electrons. The topological polar surface area (TPSA) is 69.4 Å². The minimum Gasteiger partial charge on any atom is -0.376 e. The van der Waals surface area contributed by atoms with Gasteiger partial charge in [0.1, 0.15) is 0 Å². The molecule has 1 fully saturated rings. The van der Waals surface area contributed by atoms with Gasteiger partial charge in [-0.1, -0.05) is 24.3 Å². The van der Waals surface area contributed by atoms with Crippen LogP contribution in [0.25, 0.3) is 0 Å². The van der Waals surface area contributed by atoms with Crippen LogP contribution in [0.2, 0.25) is 0 Å². The molecular weight excluding hydrogens is 320 g/mol. The first-order valence-electron chi connectivity index (χ1n) is 8.76. The number of amides is 1. The van der Waals surface area contributed by atoms with Gasteiger partial charge in [0.2, 0.25) is 5.82 Å². The second kappa shape index (κ2) is 6.48. The molecule has 0 N–H and O–H groups in total. The summed E-state index contributed by atoms with van der Waals surface area (Å²) in [5, 5.41) is 4.31. The zero-order chi connectivity index (χ0) is 17.4. The van der Waals surface area contributed by atoms with Crippen molar-refractivity contribution < 1.29 is 9.53 Å². The van der Waals surface area contributed by atoms with Crippen LogP contribution in [0.3, 0.4) is 0 Å². The standard InChI is InChI=1S/C18H22N4O3/c1-13-5-2-3-6-14(13)11-20-8-9-21-16(17(20)23)19-22(18(21)24)12-15-7-4-10-25-15/h2-3,5-6,15H,4,7-12H2,1H3. The lowest BCUT2D eigenvalue weighted by molar-refractivity contribution is 0.0680. The zero-order valence-corrected chi connectivity index (χ0v) is 14.4.